The van der Waals surface area contributed by atoms with Crippen molar-refractivity contribution in [2.75, 3.05) is 11.6 Å². The third-order valence-corrected chi connectivity index (χ3v) is 6.75. The van der Waals surface area contributed by atoms with Crippen LogP contribution >= 0.6 is 0 Å². The topological polar surface area (TPSA) is 79.3 Å². The van der Waals surface area contributed by atoms with Gasteiger partial charge in [0.25, 0.3) is 0 Å². The van der Waals surface area contributed by atoms with Crippen molar-refractivity contribution in [1.29, 1.82) is 0 Å². The zero-order chi connectivity index (χ0) is 22.4. The third kappa shape index (κ3) is 4.46. The van der Waals surface area contributed by atoms with E-state index in [9.17, 15) is 26.7 Å². The van der Waals surface area contributed by atoms with Crippen molar-refractivity contribution in [2.24, 2.45) is 0 Å². The summed E-state index contributed by atoms with van der Waals surface area (Å²) in [5.41, 5.74) is -2.50. The van der Waals surface area contributed by atoms with Gasteiger partial charge in [-0.3, -0.25) is 4.98 Å². The monoisotopic (exact) mass is 442 g/mol. The van der Waals surface area contributed by atoms with Crippen LogP contribution in [-0.4, -0.2) is 42.6 Å². The molecule has 30 heavy (non-hydrogen) atoms. The molecule has 1 aliphatic heterocycles. The van der Waals surface area contributed by atoms with Gasteiger partial charge < -0.3 is 10.4 Å². The smallest absolute Gasteiger partial charge is 0.380 e. The van der Waals surface area contributed by atoms with Gasteiger partial charge >= 0.3 is 6.18 Å². The first-order chi connectivity index (χ1) is 13.7. The molecule has 2 N–H and O–H groups in total. The minimum atomic E-state index is -4.89. The van der Waals surface area contributed by atoms with E-state index in [4.69, 9.17) is 0 Å². The number of pyridine rings is 1. The Morgan fingerprint density at radius 3 is 2.47 bits per heavy atom. The van der Waals surface area contributed by atoms with E-state index in [1.165, 1.54) is 32.0 Å². The van der Waals surface area contributed by atoms with Crippen molar-refractivity contribution >= 4 is 15.5 Å². The highest BCUT2D eigenvalue weighted by Gasteiger charge is 2.57. The molecule has 2 aromatic rings. The van der Waals surface area contributed by atoms with Gasteiger partial charge in [-0.15, -0.1) is 0 Å². The van der Waals surface area contributed by atoms with Crippen LogP contribution in [0.15, 0.2) is 47.6 Å². The largest absolute Gasteiger partial charge is 0.417 e. The SMILES string of the molecule is CC(C)(CC(O)(CC1Cc2ccncc2N1)C(F)(F)F)c1ccccc1S(C)(=O)=O. The summed E-state index contributed by atoms with van der Waals surface area (Å²) in [7, 11) is -3.65. The summed E-state index contributed by atoms with van der Waals surface area (Å²) < 4.78 is 66.5. The molecule has 9 heteroatoms. The van der Waals surface area contributed by atoms with Gasteiger partial charge in [-0.2, -0.15) is 13.2 Å². The van der Waals surface area contributed by atoms with Gasteiger partial charge in [0.2, 0.25) is 0 Å². The van der Waals surface area contributed by atoms with Crippen LogP contribution in [0.4, 0.5) is 18.9 Å². The Bertz CT molecular complexity index is 1010. The van der Waals surface area contributed by atoms with E-state index in [1.54, 1.807) is 24.5 Å². The van der Waals surface area contributed by atoms with E-state index in [2.05, 4.69) is 10.3 Å². The van der Waals surface area contributed by atoms with Crippen LogP contribution in [0, 0.1) is 0 Å². The highest BCUT2D eigenvalue weighted by Crippen LogP contribution is 2.46. The first-order valence-corrected chi connectivity index (χ1v) is 11.4. The fourth-order valence-electron chi connectivity index (χ4n) is 4.26. The van der Waals surface area contributed by atoms with Gasteiger partial charge in [0.05, 0.1) is 16.8 Å². The lowest BCUT2D eigenvalue weighted by Crippen LogP contribution is -2.52. The number of aliphatic hydroxyl groups is 1. The molecule has 2 unspecified atom stereocenters. The standard InChI is InChI=1S/C21H25F3N2O3S/c1-19(2,16-6-4-5-7-18(16)30(3,28)29)13-20(27,21(22,23)24)11-15-10-14-8-9-25-12-17(14)26-15/h4-9,12,15,26-27H,10-11,13H2,1-3H3. The molecule has 0 fully saturated rings. The summed E-state index contributed by atoms with van der Waals surface area (Å²) in [5.74, 6) is 0. The Morgan fingerprint density at radius 2 is 1.87 bits per heavy atom. The fourth-order valence-corrected chi connectivity index (χ4v) is 5.33. The maximum absolute atomic E-state index is 14.1. The maximum Gasteiger partial charge on any atom is 0.417 e. The lowest BCUT2D eigenvalue weighted by molar-refractivity contribution is -0.270. The summed E-state index contributed by atoms with van der Waals surface area (Å²) in [6.45, 7) is 3.04. The predicted octanol–water partition coefficient (Wildman–Crippen LogP) is 3.87. The second-order valence-electron chi connectivity index (χ2n) is 8.64. The molecular formula is C21H25F3N2O3S. The Morgan fingerprint density at radius 1 is 1.20 bits per heavy atom. The van der Waals surface area contributed by atoms with Crippen LogP contribution in [0.3, 0.4) is 0 Å². The van der Waals surface area contributed by atoms with Crippen LogP contribution in [0.2, 0.25) is 0 Å². The van der Waals surface area contributed by atoms with Crippen molar-refractivity contribution in [2.45, 2.75) is 61.2 Å². The molecule has 164 valence electrons. The molecule has 1 aromatic carbocycles. The number of aromatic nitrogens is 1. The number of sulfone groups is 1. The highest BCUT2D eigenvalue weighted by molar-refractivity contribution is 7.90. The van der Waals surface area contributed by atoms with Crippen molar-refractivity contribution in [3.63, 3.8) is 0 Å². The summed E-state index contributed by atoms with van der Waals surface area (Å²) in [5, 5.41) is 13.9. The van der Waals surface area contributed by atoms with Crippen LogP contribution in [0.25, 0.3) is 0 Å². The second kappa shape index (κ2) is 7.53. The van der Waals surface area contributed by atoms with Gasteiger partial charge in [-0.05, 0) is 41.5 Å². The first-order valence-electron chi connectivity index (χ1n) is 9.51. The average molecular weight is 443 g/mol. The summed E-state index contributed by atoms with van der Waals surface area (Å²) in [6, 6.07) is 7.11. The molecule has 0 saturated heterocycles. The van der Waals surface area contributed by atoms with Crippen LogP contribution in [0.1, 0.15) is 37.8 Å². The van der Waals surface area contributed by atoms with E-state index in [0.717, 1.165) is 11.8 Å². The number of nitrogens with one attached hydrogen (secondary N) is 1. The number of nitrogens with zero attached hydrogens (tertiary/aromatic N) is 1. The van der Waals surface area contributed by atoms with E-state index in [-0.39, 0.29) is 10.5 Å². The van der Waals surface area contributed by atoms with Crippen LogP contribution < -0.4 is 5.32 Å². The second-order valence-corrected chi connectivity index (χ2v) is 10.6. The van der Waals surface area contributed by atoms with E-state index >= 15 is 0 Å². The molecule has 2 heterocycles. The Labute approximate surface area is 174 Å². The number of fused-ring (bicyclic) bond motifs is 1. The van der Waals surface area contributed by atoms with Gasteiger partial charge in [0.15, 0.2) is 15.4 Å². The summed E-state index contributed by atoms with van der Waals surface area (Å²) >= 11 is 0. The fraction of sp³-hybridized carbons (Fsp3) is 0.476. The number of hydrogen-bond acceptors (Lipinski definition) is 5. The molecule has 1 aromatic heterocycles. The minimum absolute atomic E-state index is 0.0306. The van der Waals surface area contributed by atoms with Crippen LogP contribution in [-0.2, 0) is 21.7 Å². The molecule has 0 amide bonds. The average Bonchev–Trinajstić information content (AvgIpc) is 3.01. The number of alkyl halides is 3. The number of anilines is 1. The molecule has 0 spiro atoms. The Kier molecular flexibility index (Phi) is 5.66. The molecule has 0 bridgehead atoms. The summed E-state index contributed by atoms with van der Waals surface area (Å²) in [6.07, 6.45) is -1.64. The predicted molar refractivity (Wildman–Crippen MR) is 108 cm³/mol. The third-order valence-electron chi connectivity index (χ3n) is 5.60. The first kappa shape index (κ1) is 22.6. The van der Waals surface area contributed by atoms with Crippen molar-refractivity contribution < 1.29 is 26.7 Å². The highest BCUT2D eigenvalue weighted by atomic mass is 32.2. The van der Waals surface area contributed by atoms with Gasteiger partial charge in [0, 0.05) is 24.9 Å². The van der Waals surface area contributed by atoms with Gasteiger partial charge in [-0.1, -0.05) is 32.0 Å². The number of hydrogen-bond donors (Lipinski definition) is 2. The number of benzene rings is 1. The minimum Gasteiger partial charge on any atom is -0.380 e. The molecule has 0 radical (unpaired) electrons. The Hall–Kier alpha value is -2.13. The lowest BCUT2D eigenvalue weighted by atomic mass is 9.73. The van der Waals surface area contributed by atoms with Gasteiger partial charge in [0.1, 0.15) is 0 Å². The molecule has 1 aliphatic rings. The Balaban J connectivity index is 1.92. The molecular weight excluding hydrogens is 417 g/mol. The molecule has 5 nitrogen and oxygen atoms in total. The maximum atomic E-state index is 14.1. The van der Waals surface area contributed by atoms with E-state index in [1.807, 2.05) is 0 Å². The molecule has 2 atom stereocenters. The zero-order valence-electron chi connectivity index (χ0n) is 17.0. The molecule has 3 rings (SSSR count). The lowest BCUT2D eigenvalue weighted by Gasteiger charge is -2.39. The normalized spacial score (nSPS) is 19.1. The quantitative estimate of drug-likeness (QED) is 0.710. The van der Waals surface area contributed by atoms with Crippen molar-refractivity contribution in [3.8, 4) is 0 Å². The van der Waals surface area contributed by atoms with Crippen molar-refractivity contribution in [1.82, 2.24) is 4.98 Å². The molecule has 0 aliphatic carbocycles. The summed E-state index contributed by atoms with van der Waals surface area (Å²) in [4.78, 5) is 3.93. The van der Waals surface area contributed by atoms with E-state index in [0.29, 0.717) is 12.1 Å². The van der Waals surface area contributed by atoms with Crippen molar-refractivity contribution in [3.05, 3.63) is 53.9 Å². The van der Waals surface area contributed by atoms with Gasteiger partial charge in [-0.25, -0.2) is 8.42 Å². The van der Waals surface area contributed by atoms with Crippen LogP contribution in [0.5, 0.6) is 0 Å². The van der Waals surface area contributed by atoms with E-state index < -0.39 is 45.9 Å². The number of halogens is 3. The number of rotatable bonds is 6. The zero-order valence-corrected chi connectivity index (χ0v) is 17.8. The molecule has 0 saturated carbocycles.